The number of methoxy groups -OCH3 is 1. The van der Waals surface area contributed by atoms with E-state index in [1.165, 1.54) is 23.5 Å². The van der Waals surface area contributed by atoms with Gasteiger partial charge >= 0.3 is 0 Å². The number of carbonyl (C=O) groups excluding carboxylic acids is 1. The molecular formula is C19H24N2O4S. The smallest absolute Gasteiger partial charge is 0.256 e. The summed E-state index contributed by atoms with van der Waals surface area (Å²) in [6.07, 6.45) is 0. The van der Waals surface area contributed by atoms with E-state index < -0.39 is 10.0 Å². The molecule has 6 nitrogen and oxygen atoms in total. The molecule has 0 heterocycles. The number of aryl methyl sites for hydroxylation is 1. The molecule has 0 saturated heterocycles. The highest BCUT2D eigenvalue weighted by atomic mass is 32.2. The quantitative estimate of drug-likeness (QED) is 0.805. The van der Waals surface area contributed by atoms with Crippen molar-refractivity contribution in [3.8, 4) is 5.75 Å². The van der Waals surface area contributed by atoms with Crippen LogP contribution in [0.5, 0.6) is 5.75 Å². The molecule has 7 heteroatoms. The number of para-hydroxylation sites is 2. The summed E-state index contributed by atoms with van der Waals surface area (Å²) in [6, 6.07) is 11.7. The number of nitrogens with one attached hydrogen (secondary N) is 1. The fourth-order valence-corrected chi connectivity index (χ4v) is 4.14. The number of amides is 1. The largest absolute Gasteiger partial charge is 0.495 e. The summed E-state index contributed by atoms with van der Waals surface area (Å²) in [5.41, 5.74) is 1.52. The van der Waals surface area contributed by atoms with Crippen LogP contribution in [0.1, 0.15) is 29.8 Å². The van der Waals surface area contributed by atoms with Gasteiger partial charge in [0.25, 0.3) is 5.91 Å². The maximum atomic E-state index is 12.7. The summed E-state index contributed by atoms with van der Waals surface area (Å²) in [4.78, 5) is 12.8. The van der Waals surface area contributed by atoms with Crippen LogP contribution in [0.4, 0.5) is 5.69 Å². The van der Waals surface area contributed by atoms with E-state index >= 15 is 0 Å². The highest BCUT2D eigenvalue weighted by Crippen LogP contribution is 2.25. The molecule has 140 valence electrons. The van der Waals surface area contributed by atoms with E-state index in [4.69, 9.17) is 4.74 Å². The van der Waals surface area contributed by atoms with Crippen molar-refractivity contribution in [2.45, 2.75) is 25.7 Å². The van der Waals surface area contributed by atoms with E-state index in [0.29, 0.717) is 35.7 Å². The molecule has 0 aliphatic carbocycles. The average molecular weight is 376 g/mol. The Kier molecular flexibility index (Phi) is 6.39. The van der Waals surface area contributed by atoms with Crippen LogP contribution in [0, 0.1) is 6.92 Å². The van der Waals surface area contributed by atoms with Crippen LogP contribution in [-0.2, 0) is 10.0 Å². The second-order valence-corrected chi connectivity index (χ2v) is 7.66. The van der Waals surface area contributed by atoms with Gasteiger partial charge in [0.05, 0.1) is 17.7 Å². The summed E-state index contributed by atoms with van der Waals surface area (Å²) in [5, 5.41) is 2.78. The van der Waals surface area contributed by atoms with Gasteiger partial charge in [-0.2, -0.15) is 4.31 Å². The number of carbonyl (C=O) groups is 1. The molecule has 0 spiro atoms. The molecule has 0 atom stereocenters. The van der Waals surface area contributed by atoms with Crippen molar-refractivity contribution in [3.05, 3.63) is 53.6 Å². The maximum absolute atomic E-state index is 12.7. The van der Waals surface area contributed by atoms with Crippen LogP contribution in [0.2, 0.25) is 0 Å². The number of rotatable bonds is 7. The van der Waals surface area contributed by atoms with Gasteiger partial charge in [-0.1, -0.05) is 32.0 Å². The van der Waals surface area contributed by atoms with E-state index in [0.717, 1.165) is 0 Å². The van der Waals surface area contributed by atoms with Gasteiger partial charge in [-0.3, -0.25) is 4.79 Å². The second-order valence-electron chi connectivity index (χ2n) is 5.72. The number of hydrogen-bond donors (Lipinski definition) is 1. The molecule has 0 radical (unpaired) electrons. The zero-order valence-corrected chi connectivity index (χ0v) is 16.3. The normalized spacial score (nSPS) is 11.4. The highest BCUT2D eigenvalue weighted by molar-refractivity contribution is 7.89. The number of ether oxygens (including phenoxy) is 1. The van der Waals surface area contributed by atoms with E-state index in [1.54, 1.807) is 51.1 Å². The highest BCUT2D eigenvalue weighted by Gasteiger charge is 2.23. The van der Waals surface area contributed by atoms with E-state index in [-0.39, 0.29) is 10.8 Å². The lowest BCUT2D eigenvalue weighted by atomic mass is 10.1. The van der Waals surface area contributed by atoms with Crippen molar-refractivity contribution >= 4 is 21.6 Å². The first-order valence-electron chi connectivity index (χ1n) is 8.40. The Morgan fingerprint density at radius 3 is 2.38 bits per heavy atom. The molecule has 0 aliphatic rings. The molecule has 0 saturated carbocycles. The van der Waals surface area contributed by atoms with Crippen molar-refractivity contribution < 1.29 is 17.9 Å². The van der Waals surface area contributed by atoms with Gasteiger partial charge in [-0.05, 0) is 36.8 Å². The lowest BCUT2D eigenvalue weighted by molar-refractivity contribution is 0.102. The summed E-state index contributed by atoms with van der Waals surface area (Å²) >= 11 is 0. The van der Waals surface area contributed by atoms with E-state index in [9.17, 15) is 13.2 Å². The first kappa shape index (κ1) is 19.9. The average Bonchev–Trinajstić information content (AvgIpc) is 2.63. The molecule has 0 fully saturated rings. The van der Waals surface area contributed by atoms with Crippen molar-refractivity contribution in [1.82, 2.24) is 4.31 Å². The van der Waals surface area contributed by atoms with Crippen molar-refractivity contribution in [1.29, 1.82) is 0 Å². The number of nitrogens with zero attached hydrogens (tertiary/aromatic N) is 1. The van der Waals surface area contributed by atoms with Crippen LogP contribution in [0.3, 0.4) is 0 Å². The third kappa shape index (κ3) is 4.05. The molecule has 1 N–H and O–H groups in total. The predicted octanol–water partition coefficient (Wildman–Crippen LogP) is 3.29. The van der Waals surface area contributed by atoms with Crippen LogP contribution >= 0.6 is 0 Å². The van der Waals surface area contributed by atoms with Crippen molar-refractivity contribution in [2.75, 3.05) is 25.5 Å². The molecule has 2 aromatic rings. The number of benzene rings is 2. The van der Waals surface area contributed by atoms with E-state index in [1.807, 2.05) is 0 Å². The lowest BCUT2D eigenvalue weighted by Crippen LogP contribution is -2.30. The van der Waals surface area contributed by atoms with Gasteiger partial charge in [-0.25, -0.2) is 8.42 Å². The van der Waals surface area contributed by atoms with Gasteiger partial charge in [0.15, 0.2) is 0 Å². The minimum atomic E-state index is -3.63. The van der Waals surface area contributed by atoms with Gasteiger partial charge in [-0.15, -0.1) is 0 Å². The van der Waals surface area contributed by atoms with Crippen LogP contribution < -0.4 is 10.1 Å². The molecule has 0 aromatic heterocycles. The van der Waals surface area contributed by atoms with Crippen molar-refractivity contribution in [3.63, 3.8) is 0 Å². The third-order valence-electron chi connectivity index (χ3n) is 4.15. The minimum absolute atomic E-state index is 0.108. The summed E-state index contributed by atoms with van der Waals surface area (Å²) in [6.45, 7) is 6.07. The topological polar surface area (TPSA) is 75.7 Å². The van der Waals surface area contributed by atoms with Crippen LogP contribution in [0.15, 0.2) is 47.4 Å². The standard InChI is InChI=1S/C19H24N2O4S/c1-5-21(6-2)26(23,24)15-12-11-14(3)16(13-15)19(22)20-17-9-7-8-10-18(17)25-4/h7-13H,5-6H2,1-4H3,(H,20,22). The molecule has 1 amide bonds. The summed E-state index contributed by atoms with van der Waals surface area (Å²) < 4.78 is 32.0. The second kappa shape index (κ2) is 8.33. The first-order chi connectivity index (χ1) is 12.3. The Balaban J connectivity index is 2.39. The molecule has 0 aliphatic heterocycles. The Labute approximate surface area is 154 Å². The van der Waals surface area contributed by atoms with Crippen LogP contribution in [-0.4, -0.2) is 38.8 Å². The fraction of sp³-hybridized carbons (Fsp3) is 0.316. The Hall–Kier alpha value is -2.38. The van der Waals surface area contributed by atoms with Gasteiger partial charge in [0.1, 0.15) is 5.75 Å². The SMILES string of the molecule is CCN(CC)S(=O)(=O)c1ccc(C)c(C(=O)Nc2ccccc2OC)c1. The first-order valence-corrected chi connectivity index (χ1v) is 9.84. The van der Waals surface area contributed by atoms with Gasteiger partial charge in [0, 0.05) is 18.7 Å². The fourth-order valence-electron chi connectivity index (χ4n) is 2.66. The van der Waals surface area contributed by atoms with Crippen LogP contribution in [0.25, 0.3) is 0 Å². The molecule has 2 aromatic carbocycles. The lowest BCUT2D eigenvalue weighted by Gasteiger charge is -2.19. The number of hydrogen-bond acceptors (Lipinski definition) is 4. The summed E-state index contributed by atoms with van der Waals surface area (Å²) in [7, 11) is -2.11. The Morgan fingerprint density at radius 1 is 1.12 bits per heavy atom. The number of sulfonamides is 1. The molecule has 26 heavy (non-hydrogen) atoms. The zero-order valence-electron chi connectivity index (χ0n) is 15.4. The van der Waals surface area contributed by atoms with E-state index in [2.05, 4.69) is 5.32 Å². The maximum Gasteiger partial charge on any atom is 0.256 e. The molecular weight excluding hydrogens is 352 g/mol. The third-order valence-corrected chi connectivity index (χ3v) is 6.20. The molecule has 0 unspecified atom stereocenters. The van der Waals surface area contributed by atoms with Crippen molar-refractivity contribution in [2.24, 2.45) is 0 Å². The van der Waals surface area contributed by atoms with Gasteiger partial charge in [0.2, 0.25) is 10.0 Å². The summed E-state index contributed by atoms with van der Waals surface area (Å²) in [5.74, 6) is 0.147. The number of anilines is 1. The zero-order chi connectivity index (χ0) is 19.3. The molecule has 2 rings (SSSR count). The predicted molar refractivity (Wildman–Crippen MR) is 102 cm³/mol. The monoisotopic (exact) mass is 376 g/mol. The Bertz CT molecular complexity index is 890. The Morgan fingerprint density at radius 2 is 1.77 bits per heavy atom. The minimum Gasteiger partial charge on any atom is -0.495 e. The van der Waals surface area contributed by atoms with Gasteiger partial charge < -0.3 is 10.1 Å². The molecule has 0 bridgehead atoms.